The number of hydrogen-bond donors (Lipinski definition) is 1. The first kappa shape index (κ1) is 23.3. The Balaban J connectivity index is 1.68. The van der Waals surface area contributed by atoms with Crippen molar-refractivity contribution in [1.82, 2.24) is 9.29 Å². The summed E-state index contributed by atoms with van der Waals surface area (Å²) in [6.07, 6.45) is 2.25. The van der Waals surface area contributed by atoms with Gasteiger partial charge in [-0.1, -0.05) is 80.6 Å². The van der Waals surface area contributed by atoms with E-state index in [4.69, 9.17) is 0 Å². The van der Waals surface area contributed by atoms with Crippen molar-refractivity contribution in [2.75, 3.05) is 0 Å². The molecule has 172 valence electrons. The molecule has 4 nitrogen and oxygen atoms in total. The monoisotopic (exact) mass is 460 g/mol. The summed E-state index contributed by atoms with van der Waals surface area (Å²) in [5, 5.41) is 0.785. The zero-order chi connectivity index (χ0) is 23.6. The fourth-order valence-corrected chi connectivity index (χ4v) is 4.73. The normalized spacial score (nSPS) is 12.2. The van der Waals surface area contributed by atoms with Gasteiger partial charge in [0.2, 0.25) is 10.0 Å². The van der Waals surface area contributed by atoms with Gasteiger partial charge in [-0.2, -0.15) is 0 Å². The number of rotatable bonds is 8. The molecule has 0 aliphatic heterocycles. The highest BCUT2D eigenvalue weighted by molar-refractivity contribution is 7.90. The molecular weight excluding hydrogens is 428 g/mol. The third-order valence-electron chi connectivity index (χ3n) is 5.91. The Bertz CT molecular complexity index is 1340. The molecule has 0 radical (unpaired) electrons. The van der Waals surface area contributed by atoms with Crippen LogP contribution in [0.1, 0.15) is 33.3 Å². The average molecular weight is 461 g/mol. The van der Waals surface area contributed by atoms with Crippen LogP contribution in [0.4, 0.5) is 0 Å². The molecule has 0 unspecified atom stereocenters. The van der Waals surface area contributed by atoms with Crippen molar-refractivity contribution in [3.8, 4) is 22.3 Å². The largest absolute Gasteiger partial charge is 0.347 e. The first-order valence-corrected chi connectivity index (χ1v) is 13.1. The van der Waals surface area contributed by atoms with Crippen molar-refractivity contribution < 1.29 is 8.42 Å². The third-order valence-corrected chi connectivity index (χ3v) is 7.70. The number of hydrogen-bond acceptors (Lipinski definition) is 2. The Labute approximate surface area is 197 Å². The van der Waals surface area contributed by atoms with Crippen molar-refractivity contribution in [2.45, 2.75) is 46.0 Å². The van der Waals surface area contributed by atoms with E-state index in [0.29, 0.717) is 12.5 Å². The van der Waals surface area contributed by atoms with E-state index in [-0.39, 0.29) is 0 Å². The van der Waals surface area contributed by atoms with Gasteiger partial charge in [-0.25, -0.2) is 13.1 Å². The number of nitrogens with one attached hydrogen (secondary N) is 1. The van der Waals surface area contributed by atoms with Crippen LogP contribution in [0.2, 0.25) is 0 Å². The second-order valence-electron chi connectivity index (χ2n) is 9.30. The Morgan fingerprint density at radius 2 is 1.48 bits per heavy atom. The maximum atomic E-state index is 12.0. The van der Waals surface area contributed by atoms with Crippen LogP contribution in [-0.2, 0) is 23.1 Å². The molecule has 0 atom stereocenters. The van der Waals surface area contributed by atoms with Crippen molar-refractivity contribution in [3.05, 3.63) is 84.6 Å². The smallest absolute Gasteiger partial charge is 0.214 e. The van der Waals surface area contributed by atoms with E-state index in [1.807, 2.05) is 18.2 Å². The zero-order valence-electron chi connectivity index (χ0n) is 19.7. The minimum Gasteiger partial charge on any atom is -0.347 e. The second-order valence-corrected chi connectivity index (χ2v) is 11.6. The number of aromatic nitrogens is 1. The summed E-state index contributed by atoms with van der Waals surface area (Å²) in [5.41, 5.74) is 6.93. The molecule has 33 heavy (non-hydrogen) atoms. The van der Waals surface area contributed by atoms with Crippen LogP contribution in [0.3, 0.4) is 0 Å². The SMILES string of the molecule is CC(C)Cn1cc(-c2ccc(CNS(=O)(=O)C(C)C)cc2)c2ccc(-c3ccccc3)cc21. The first-order valence-electron chi connectivity index (χ1n) is 11.5. The minimum atomic E-state index is -3.28. The molecule has 4 aromatic rings. The number of nitrogens with zero attached hydrogens (tertiary/aromatic N) is 1. The molecule has 0 fully saturated rings. The highest BCUT2D eigenvalue weighted by Crippen LogP contribution is 2.34. The third kappa shape index (κ3) is 5.21. The lowest BCUT2D eigenvalue weighted by molar-refractivity contribution is 0.535. The van der Waals surface area contributed by atoms with Gasteiger partial charge in [0.25, 0.3) is 0 Å². The van der Waals surface area contributed by atoms with E-state index in [9.17, 15) is 8.42 Å². The molecule has 1 aromatic heterocycles. The quantitative estimate of drug-likeness (QED) is 0.328. The molecule has 0 aliphatic carbocycles. The van der Waals surface area contributed by atoms with Gasteiger partial charge >= 0.3 is 0 Å². The van der Waals surface area contributed by atoms with Gasteiger partial charge in [0, 0.05) is 35.8 Å². The molecule has 0 spiro atoms. The molecule has 1 heterocycles. The van der Waals surface area contributed by atoms with E-state index in [1.54, 1.807) is 13.8 Å². The van der Waals surface area contributed by atoms with Gasteiger partial charge in [0.1, 0.15) is 0 Å². The predicted molar refractivity (Wildman–Crippen MR) is 139 cm³/mol. The van der Waals surface area contributed by atoms with Gasteiger partial charge in [-0.3, -0.25) is 0 Å². The molecule has 0 bridgehead atoms. The highest BCUT2D eigenvalue weighted by Gasteiger charge is 2.16. The lowest BCUT2D eigenvalue weighted by atomic mass is 10.00. The maximum absolute atomic E-state index is 12.0. The van der Waals surface area contributed by atoms with Crippen molar-refractivity contribution in [1.29, 1.82) is 0 Å². The van der Waals surface area contributed by atoms with Gasteiger partial charge < -0.3 is 4.57 Å². The Morgan fingerprint density at radius 1 is 0.818 bits per heavy atom. The van der Waals surface area contributed by atoms with Gasteiger partial charge in [-0.05, 0) is 48.1 Å². The lowest BCUT2D eigenvalue weighted by Crippen LogP contribution is -2.30. The molecular formula is C28H32N2O2S. The Hall–Kier alpha value is -2.89. The number of sulfonamides is 1. The standard InChI is InChI=1S/C28H32N2O2S/c1-20(2)18-30-19-27(24-12-10-22(11-13-24)17-29-33(31,32)21(3)4)26-15-14-25(16-28(26)30)23-8-6-5-7-9-23/h5-16,19-21,29H,17-18H2,1-4H3. The van der Waals surface area contributed by atoms with Crippen LogP contribution >= 0.6 is 0 Å². The summed E-state index contributed by atoms with van der Waals surface area (Å²) in [4.78, 5) is 0. The fourth-order valence-electron chi connectivity index (χ4n) is 4.03. The van der Waals surface area contributed by atoms with Crippen LogP contribution in [0, 0.1) is 5.92 Å². The molecule has 5 heteroatoms. The van der Waals surface area contributed by atoms with Crippen LogP contribution in [0.25, 0.3) is 33.2 Å². The number of benzene rings is 3. The Kier molecular flexibility index (Phi) is 6.73. The average Bonchev–Trinajstić information content (AvgIpc) is 3.15. The Morgan fingerprint density at radius 3 is 2.12 bits per heavy atom. The molecule has 1 N–H and O–H groups in total. The lowest BCUT2D eigenvalue weighted by Gasteiger charge is -2.10. The van der Waals surface area contributed by atoms with E-state index in [0.717, 1.165) is 17.7 Å². The van der Waals surface area contributed by atoms with E-state index < -0.39 is 15.3 Å². The van der Waals surface area contributed by atoms with Crippen LogP contribution < -0.4 is 4.72 Å². The van der Waals surface area contributed by atoms with E-state index in [1.165, 1.54) is 27.6 Å². The topological polar surface area (TPSA) is 51.1 Å². The number of fused-ring (bicyclic) bond motifs is 1. The van der Waals surface area contributed by atoms with Crippen LogP contribution in [0.15, 0.2) is 79.0 Å². The molecule has 0 aliphatic rings. The van der Waals surface area contributed by atoms with Crippen molar-refractivity contribution in [3.63, 3.8) is 0 Å². The van der Waals surface area contributed by atoms with Gasteiger partial charge in [0.05, 0.1) is 5.25 Å². The summed E-state index contributed by atoms with van der Waals surface area (Å²) >= 11 is 0. The molecule has 0 amide bonds. The zero-order valence-corrected chi connectivity index (χ0v) is 20.6. The first-order chi connectivity index (χ1) is 15.7. The molecule has 3 aromatic carbocycles. The van der Waals surface area contributed by atoms with Crippen molar-refractivity contribution >= 4 is 20.9 Å². The fraction of sp³-hybridized carbons (Fsp3) is 0.286. The summed E-state index contributed by atoms with van der Waals surface area (Å²) in [5.74, 6) is 0.533. The van der Waals surface area contributed by atoms with Crippen molar-refractivity contribution in [2.24, 2.45) is 5.92 Å². The summed E-state index contributed by atoms with van der Waals surface area (Å²) in [7, 11) is -3.28. The van der Waals surface area contributed by atoms with Crippen LogP contribution in [-0.4, -0.2) is 18.2 Å². The van der Waals surface area contributed by atoms with Crippen LogP contribution in [0.5, 0.6) is 0 Å². The van der Waals surface area contributed by atoms with E-state index in [2.05, 4.69) is 83.9 Å². The summed E-state index contributed by atoms with van der Waals surface area (Å²) < 4.78 is 29.1. The van der Waals surface area contributed by atoms with Gasteiger partial charge in [0.15, 0.2) is 0 Å². The second kappa shape index (κ2) is 9.54. The molecule has 0 saturated carbocycles. The molecule has 0 saturated heterocycles. The molecule has 4 rings (SSSR count). The predicted octanol–water partition coefficient (Wildman–Crippen LogP) is 6.46. The highest BCUT2D eigenvalue weighted by atomic mass is 32.2. The maximum Gasteiger partial charge on any atom is 0.214 e. The summed E-state index contributed by atoms with van der Waals surface area (Å²) in [6.45, 7) is 9.09. The minimum absolute atomic E-state index is 0.302. The van der Waals surface area contributed by atoms with Gasteiger partial charge in [-0.15, -0.1) is 0 Å². The van der Waals surface area contributed by atoms with E-state index >= 15 is 0 Å². The summed E-state index contributed by atoms with van der Waals surface area (Å²) in [6, 6.07) is 25.3.